The standard InChI is InChI=1S/C15H13N3/c16-11-6-8-14-17-15-12-4-2-1-3-10(12)5-7-13(15)18(14)9-11/h1-4,6,8-9H,5,7,16H2. The quantitative estimate of drug-likeness (QED) is 0.651. The lowest BCUT2D eigenvalue weighted by molar-refractivity contribution is 0.881. The molecule has 1 aromatic carbocycles. The van der Waals surface area contributed by atoms with Gasteiger partial charge >= 0.3 is 0 Å². The van der Waals surface area contributed by atoms with Crippen molar-refractivity contribution in [3.8, 4) is 11.3 Å². The van der Waals surface area contributed by atoms with E-state index < -0.39 is 0 Å². The molecule has 0 saturated heterocycles. The van der Waals surface area contributed by atoms with E-state index in [4.69, 9.17) is 10.7 Å². The van der Waals surface area contributed by atoms with Gasteiger partial charge in [-0.2, -0.15) is 0 Å². The van der Waals surface area contributed by atoms with Crippen LogP contribution in [-0.4, -0.2) is 9.38 Å². The number of fused-ring (bicyclic) bond motifs is 5. The second-order valence-corrected chi connectivity index (χ2v) is 4.75. The molecule has 18 heavy (non-hydrogen) atoms. The number of aryl methyl sites for hydroxylation is 2. The van der Waals surface area contributed by atoms with Gasteiger partial charge in [0, 0.05) is 17.4 Å². The van der Waals surface area contributed by atoms with Crippen molar-refractivity contribution in [2.75, 3.05) is 5.73 Å². The Morgan fingerprint density at radius 3 is 2.89 bits per heavy atom. The van der Waals surface area contributed by atoms with Gasteiger partial charge in [0.2, 0.25) is 0 Å². The first-order valence-electron chi connectivity index (χ1n) is 6.18. The van der Waals surface area contributed by atoms with E-state index in [0.29, 0.717) is 0 Å². The zero-order chi connectivity index (χ0) is 12.1. The van der Waals surface area contributed by atoms with Crippen LogP contribution in [0.15, 0.2) is 42.6 Å². The number of benzene rings is 1. The molecule has 0 amide bonds. The minimum Gasteiger partial charge on any atom is -0.398 e. The average Bonchev–Trinajstić information content (AvgIpc) is 2.77. The molecule has 88 valence electrons. The van der Waals surface area contributed by atoms with Gasteiger partial charge in [-0.25, -0.2) is 4.98 Å². The molecule has 2 N–H and O–H groups in total. The van der Waals surface area contributed by atoms with E-state index in [0.717, 1.165) is 29.9 Å². The molecule has 0 bridgehead atoms. The highest BCUT2D eigenvalue weighted by Crippen LogP contribution is 2.33. The Bertz CT molecular complexity index is 756. The van der Waals surface area contributed by atoms with Crippen molar-refractivity contribution < 1.29 is 0 Å². The first-order valence-corrected chi connectivity index (χ1v) is 6.18. The zero-order valence-corrected chi connectivity index (χ0v) is 9.93. The van der Waals surface area contributed by atoms with Gasteiger partial charge in [0.05, 0.1) is 11.4 Å². The minimum atomic E-state index is 0.779. The van der Waals surface area contributed by atoms with E-state index in [2.05, 4.69) is 28.7 Å². The molecule has 1 aliphatic rings. The Hall–Kier alpha value is -2.29. The zero-order valence-electron chi connectivity index (χ0n) is 9.93. The van der Waals surface area contributed by atoms with Gasteiger partial charge in [0.25, 0.3) is 0 Å². The molecule has 2 heterocycles. The smallest absolute Gasteiger partial charge is 0.137 e. The molecule has 0 fully saturated rings. The molecule has 2 aromatic heterocycles. The predicted molar refractivity (Wildman–Crippen MR) is 72.4 cm³/mol. The van der Waals surface area contributed by atoms with Crippen LogP contribution in [0.3, 0.4) is 0 Å². The summed E-state index contributed by atoms with van der Waals surface area (Å²) in [6.07, 6.45) is 4.07. The molecule has 3 nitrogen and oxygen atoms in total. The number of anilines is 1. The van der Waals surface area contributed by atoms with Crippen LogP contribution in [0.2, 0.25) is 0 Å². The largest absolute Gasteiger partial charge is 0.398 e. The first kappa shape index (κ1) is 9.71. The highest BCUT2D eigenvalue weighted by molar-refractivity contribution is 5.72. The summed E-state index contributed by atoms with van der Waals surface area (Å²) in [6.45, 7) is 0. The van der Waals surface area contributed by atoms with Gasteiger partial charge in [-0.05, 0) is 30.5 Å². The van der Waals surface area contributed by atoms with Crippen LogP contribution < -0.4 is 5.73 Å². The fourth-order valence-electron chi connectivity index (χ4n) is 2.79. The van der Waals surface area contributed by atoms with Crippen LogP contribution in [0.25, 0.3) is 16.9 Å². The number of imidazole rings is 1. The second-order valence-electron chi connectivity index (χ2n) is 4.75. The Kier molecular flexibility index (Phi) is 1.81. The summed E-state index contributed by atoms with van der Waals surface area (Å²) in [5.41, 5.74) is 12.7. The first-order chi connectivity index (χ1) is 8.83. The number of aromatic nitrogens is 2. The molecule has 0 atom stereocenters. The molecule has 0 aliphatic heterocycles. The molecule has 3 heteroatoms. The lowest BCUT2D eigenvalue weighted by Crippen LogP contribution is -2.05. The topological polar surface area (TPSA) is 43.3 Å². The molecule has 0 unspecified atom stereocenters. The van der Waals surface area contributed by atoms with Gasteiger partial charge in [0.1, 0.15) is 5.65 Å². The SMILES string of the molecule is Nc1ccc2nc3c(n2c1)CCc1ccccc1-3. The Morgan fingerprint density at radius 2 is 1.94 bits per heavy atom. The summed E-state index contributed by atoms with van der Waals surface area (Å²) < 4.78 is 2.13. The normalized spacial score (nSPS) is 13.3. The third-order valence-electron chi connectivity index (χ3n) is 3.64. The average molecular weight is 235 g/mol. The summed E-state index contributed by atoms with van der Waals surface area (Å²) in [5.74, 6) is 0. The number of nitrogens with zero attached hydrogens (tertiary/aromatic N) is 2. The minimum absolute atomic E-state index is 0.779. The molecule has 0 radical (unpaired) electrons. The van der Waals surface area contributed by atoms with Crippen molar-refractivity contribution in [1.29, 1.82) is 0 Å². The van der Waals surface area contributed by atoms with E-state index in [1.807, 2.05) is 18.3 Å². The van der Waals surface area contributed by atoms with Crippen molar-refractivity contribution in [3.63, 3.8) is 0 Å². The van der Waals surface area contributed by atoms with Crippen LogP contribution >= 0.6 is 0 Å². The van der Waals surface area contributed by atoms with Crippen LogP contribution in [-0.2, 0) is 12.8 Å². The highest BCUT2D eigenvalue weighted by Gasteiger charge is 2.20. The van der Waals surface area contributed by atoms with Gasteiger partial charge in [-0.1, -0.05) is 24.3 Å². The Morgan fingerprint density at radius 1 is 1.06 bits per heavy atom. The molecule has 0 spiro atoms. The fraction of sp³-hybridized carbons (Fsp3) is 0.133. The molecule has 4 rings (SSSR count). The van der Waals surface area contributed by atoms with Gasteiger partial charge < -0.3 is 10.1 Å². The summed E-state index contributed by atoms with van der Waals surface area (Å²) in [6, 6.07) is 12.4. The maximum Gasteiger partial charge on any atom is 0.137 e. The van der Waals surface area contributed by atoms with Gasteiger partial charge in [0.15, 0.2) is 0 Å². The number of hydrogen-bond donors (Lipinski definition) is 1. The lowest BCUT2D eigenvalue weighted by atomic mass is 9.92. The van der Waals surface area contributed by atoms with E-state index in [-0.39, 0.29) is 0 Å². The molecular formula is C15H13N3. The third-order valence-corrected chi connectivity index (χ3v) is 3.64. The maximum atomic E-state index is 5.86. The molecule has 0 saturated carbocycles. The summed E-state index contributed by atoms with van der Waals surface area (Å²) >= 11 is 0. The van der Waals surface area contributed by atoms with Crippen molar-refractivity contribution in [2.24, 2.45) is 0 Å². The molecular weight excluding hydrogens is 222 g/mol. The van der Waals surface area contributed by atoms with Crippen LogP contribution in [0.1, 0.15) is 11.3 Å². The number of pyridine rings is 1. The number of hydrogen-bond acceptors (Lipinski definition) is 2. The van der Waals surface area contributed by atoms with E-state index in [9.17, 15) is 0 Å². The summed E-state index contributed by atoms with van der Waals surface area (Å²) in [4.78, 5) is 4.74. The van der Waals surface area contributed by atoms with Gasteiger partial charge in [-0.15, -0.1) is 0 Å². The highest BCUT2D eigenvalue weighted by atomic mass is 15.0. The summed E-state index contributed by atoms with van der Waals surface area (Å²) in [5, 5.41) is 0. The van der Waals surface area contributed by atoms with Crippen LogP contribution in [0.4, 0.5) is 5.69 Å². The summed E-state index contributed by atoms with van der Waals surface area (Å²) in [7, 11) is 0. The van der Waals surface area contributed by atoms with Crippen molar-refractivity contribution in [1.82, 2.24) is 9.38 Å². The fourth-order valence-corrected chi connectivity index (χ4v) is 2.79. The van der Waals surface area contributed by atoms with E-state index in [1.54, 1.807) is 0 Å². The number of nitrogen functional groups attached to an aromatic ring is 1. The Labute approximate surface area is 105 Å². The maximum absolute atomic E-state index is 5.86. The second kappa shape index (κ2) is 3.35. The third kappa shape index (κ3) is 1.21. The van der Waals surface area contributed by atoms with Crippen molar-refractivity contribution in [2.45, 2.75) is 12.8 Å². The van der Waals surface area contributed by atoms with Crippen molar-refractivity contribution in [3.05, 3.63) is 53.9 Å². The lowest BCUT2D eigenvalue weighted by Gasteiger charge is -2.15. The Balaban J connectivity index is 2.08. The van der Waals surface area contributed by atoms with Crippen molar-refractivity contribution >= 4 is 11.3 Å². The van der Waals surface area contributed by atoms with E-state index in [1.165, 1.54) is 16.8 Å². The monoisotopic (exact) mass is 235 g/mol. The van der Waals surface area contributed by atoms with Gasteiger partial charge in [-0.3, -0.25) is 0 Å². The molecule has 3 aromatic rings. The molecule has 1 aliphatic carbocycles. The van der Waals surface area contributed by atoms with Crippen LogP contribution in [0.5, 0.6) is 0 Å². The predicted octanol–water partition coefficient (Wildman–Crippen LogP) is 2.68. The number of rotatable bonds is 0. The van der Waals surface area contributed by atoms with Crippen LogP contribution in [0, 0.1) is 0 Å². The number of nitrogens with two attached hydrogens (primary N) is 1. The van der Waals surface area contributed by atoms with E-state index >= 15 is 0 Å².